The molecular weight excluding hydrogens is 296 g/mol. The molecule has 0 N–H and O–H groups in total. The van der Waals surface area contributed by atoms with Gasteiger partial charge in [0.15, 0.2) is 0 Å². The summed E-state index contributed by atoms with van der Waals surface area (Å²) in [6.45, 7) is 6.10. The van der Waals surface area contributed by atoms with Gasteiger partial charge in [-0.2, -0.15) is 0 Å². The van der Waals surface area contributed by atoms with Gasteiger partial charge in [0.1, 0.15) is 8.07 Å². The summed E-state index contributed by atoms with van der Waals surface area (Å²) in [4.78, 5) is 13.7. The van der Waals surface area contributed by atoms with Crippen LogP contribution in [-0.2, 0) is 4.57 Å². The summed E-state index contributed by atoms with van der Waals surface area (Å²) in [6, 6.07) is 10.8. The van der Waals surface area contributed by atoms with Crippen LogP contribution in [0.25, 0.3) is 0 Å². The molecule has 3 nitrogen and oxygen atoms in total. The van der Waals surface area contributed by atoms with E-state index < -0.39 is 15.4 Å². The Balaban J connectivity index is 0.00000361. The number of benzene rings is 1. The van der Waals surface area contributed by atoms with Crippen molar-refractivity contribution in [2.24, 2.45) is 0 Å². The molecule has 0 fully saturated rings. The van der Waals surface area contributed by atoms with E-state index in [0.717, 1.165) is 0 Å². The molecule has 0 aliphatic heterocycles. The third kappa shape index (κ3) is 6.40. The fourth-order valence-electron chi connectivity index (χ4n) is 2.09. The van der Waals surface area contributed by atoms with Crippen LogP contribution in [0.5, 0.6) is 0 Å². The molecule has 0 amide bonds. The third-order valence-corrected chi connectivity index (χ3v) is 9.52. The topological polar surface area (TPSA) is 43.4 Å². The van der Waals surface area contributed by atoms with Gasteiger partial charge < -0.3 is 14.4 Å². The number of nitrogens with zero attached hydrogens (tertiary/aromatic N) is 1. The number of hydrogen-bond acceptors (Lipinski definition) is 3. The van der Waals surface area contributed by atoms with Gasteiger partial charge in [-0.15, -0.1) is 6.58 Å². The van der Waals surface area contributed by atoms with Gasteiger partial charge in [-0.25, -0.2) is 0 Å². The molecule has 0 bridgehead atoms. The van der Waals surface area contributed by atoms with Crippen molar-refractivity contribution in [1.29, 1.82) is 0 Å². The van der Waals surface area contributed by atoms with E-state index >= 15 is 0 Å². The molecule has 0 aliphatic rings. The zero-order valence-corrected chi connectivity index (χ0v) is 16.9. The maximum atomic E-state index is 12.0. The molecule has 0 saturated heterocycles. The molecule has 6 heteroatoms. The average Bonchev–Trinajstić information content (AvgIpc) is 2.36. The van der Waals surface area contributed by atoms with E-state index in [1.54, 1.807) is 19.0 Å². The van der Waals surface area contributed by atoms with Gasteiger partial charge >= 0.3 is 29.6 Å². The van der Waals surface area contributed by atoms with E-state index in [-0.39, 0.29) is 42.0 Å². The van der Waals surface area contributed by atoms with Gasteiger partial charge in [0.05, 0.1) is 0 Å². The SMILES string of the molecule is C=C[Si](C)(CCP(=O)([O-])CN(C)C)c1ccccc1.[Na+]. The van der Waals surface area contributed by atoms with Gasteiger partial charge in [0, 0.05) is 13.7 Å². The van der Waals surface area contributed by atoms with Crippen molar-refractivity contribution >= 4 is 20.6 Å². The molecule has 1 aromatic carbocycles. The predicted molar refractivity (Wildman–Crippen MR) is 83.7 cm³/mol. The zero-order chi connectivity index (χ0) is 14.5. The van der Waals surface area contributed by atoms with Gasteiger partial charge in [0.25, 0.3) is 0 Å². The van der Waals surface area contributed by atoms with Crippen LogP contribution in [0.15, 0.2) is 42.6 Å². The predicted octanol–water partition coefficient (Wildman–Crippen LogP) is -1.14. The molecule has 0 aromatic heterocycles. The van der Waals surface area contributed by atoms with E-state index in [1.807, 2.05) is 23.9 Å². The van der Waals surface area contributed by atoms with Crippen molar-refractivity contribution in [3.8, 4) is 0 Å². The Hall–Kier alpha value is 0.327. The second kappa shape index (κ2) is 8.69. The van der Waals surface area contributed by atoms with Crippen LogP contribution in [0.4, 0.5) is 0 Å². The van der Waals surface area contributed by atoms with Crippen molar-refractivity contribution in [3.63, 3.8) is 0 Å². The van der Waals surface area contributed by atoms with E-state index in [9.17, 15) is 9.46 Å². The number of hydrogen-bond donors (Lipinski definition) is 0. The molecule has 0 saturated carbocycles. The summed E-state index contributed by atoms with van der Waals surface area (Å²) in [7, 11) is -1.64. The van der Waals surface area contributed by atoms with E-state index in [1.165, 1.54) is 5.19 Å². The van der Waals surface area contributed by atoms with Crippen LogP contribution in [0.3, 0.4) is 0 Å². The van der Waals surface area contributed by atoms with E-state index in [4.69, 9.17) is 0 Å². The van der Waals surface area contributed by atoms with Crippen LogP contribution in [0.2, 0.25) is 12.6 Å². The summed E-state index contributed by atoms with van der Waals surface area (Å²) >= 11 is 0. The molecule has 0 spiro atoms. The monoisotopic (exact) mass is 319 g/mol. The van der Waals surface area contributed by atoms with E-state index in [0.29, 0.717) is 6.04 Å². The molecule has 20 heavy (non-hydrogen) atoms. The first kappa shape index (κ1) is 20.3. The molecule has 0 heterocycles. The smallest absolute Gasteiger partial charge is 0.798 e. The quantitative estimate of drug-likeness (QED) is 0.471. The Morgan fingerprint density at radius 3 is 2.35 bits per heavy atom. The minimum atomic E-state index is -3.32. The summed E-state index contributed by atoms with van der Waals surface area (Å²) in [6.07, 6.45) is 0.401. The Kier molecular flexibility index (Phi) is 8.83. The standard InChI is InChI=1S/C14H24NO2PSi.Na/c1-5-19(4,14-9-7-6-8-10-14)12-11-18(16,17)13-15(2)3;/h5-10H,1,11-13H2,2-4H3,(H,16,17);/q;+1/p-1. The molecule has 2 atom stereocenters. The van der Waals surface area contributed by atoms with Crippen molar-refractivity contribution in [3.05, 3.63) is 42.6 Å². The van der Waals surface area contributed by atoms with Crippen LogP contribution in [0, 0.1) is 0 Å². The Morgan fingerprint density at radius 1 is 1.35 bits per heavy atom. The second-order valence-electron chi connectivity index (χ2n) is 5.50. The fraction of sp³-hybridized carbons (Fsp3) is 0.429. The Bertz CT molecular complexity index is 470. The number of rotatable bonds is 7. The summed E-state index contributed by atoms with van der Waals surface area (Å²) in [5, 5.41) is 1.25. The molecule has 106 valence electrons. The van der Waals surface area contributed by atoms with Crippen molar-refractivity contribution in [1.82, 2.24) is 4.90 Å². The summed E-state index contributed by atoms with van der Waals surface area (Å²) in [5.74, 6) is 0. The average molecular weight is 319 g/mol. The first-order chi connectivity index (χ1) is 8.79. The normalized spacial score (nSPS) is 16.9. The third-order valence-electron chi connectivity index (χ3n) is 3.35. The molecular formula is C14H23NNaO2PSi. The molecule has 0 radical (unpaired) electrons. The fourth-order valence-corrected chi connectivity index (χ4v) is 7.99. The first-order valence-corrected chi connectivity index (χ1v) is 11.2. The summed E-state index contributed by atoms with van der Waals surface area (Å²) < 4.78 is 12.0. The van der Waals surface area contributed by atoms with Crippen LogP contribution >= 0.6 is 7.37 Å². The Labute approximate surface area is 145 Å². The minimum Gasteiger partial charge on any atom is -0.798 e. The Morgan fingerprint density at radius 2 is 1.90 bits per heavy atom. The molecule has 0 aliphatic carbocycles. The van der Waals surface area contributed by atoms with Gasteiger partial charge in [-0.1, -0.05) is 47.8 Å². The van der Waals surface area contributed by atoms with Crippen LogP contribution in [0.1, 0.15) is 0 Å². The van der Waals surface area contributed by atoms with Crippen molar-refractivity contribution in [2.45, 2.75) is 12.6 Å². The van der Waals surface area contributed by atoms with Crippen molar-refractivity contribution in [2.75, 3.05) is 26.5 Å². The maximum Gasteiger partial charge on any atom is 1.00 e. The van der Waals surface area contributed by atoms with Gasteiger partial charge in [-0.05, 0) is 26.3 Å². The van der Waals surface area contributed by atoms with E-state index in [2.05, 4.69) is 25.3 Å². The minimum absolute atomic E-state index is 0. The summed E-state index contributed by atoms with van der Waals surface area (Å²) in [5.41, 5.74) is 1.98. The second-order valence-corrected chi connectivity index (χ2v) is 12.2. The van der Waals surface area contributed by atoms with Gasteiger partial charge in [-0.3, -0.25) is 0 Å². The largest absolute Gasteiger partial charge is 1.00 e. The molecule has 1 aromatic rings. The molecule has 1 rings (SSSR count). The van der Waals surface area contributed by atoms with Gasteiger partial charge in [0.2, 0.25) is 0 Å². The maximum absolute atomic E-state index is 12.0. The van der Waals surface area contributed by atoms with Crippen LogP contribution in [-0.4, -0.2) is 39.5 Å². The van der Waals surface area contributed by atoms with Crippen molar-refractivity contribution < 1.29 is 39.0 Å². The first-order valence-electron chi connectivity index (χ1n) is 6.42. The van der Waals surface area contributed by atoms with Crippen LogP contribution < -0.4 is 39.6 Å². The zero-order valence-electron chi connectivity index (χ0n) is 13.0. The molecule has 2 unspecified atom stereocenters.